The summed E-state index contributed by atoms with van der Waals surface area (Å²) in [7, 11) is 0. The lowest BCUT2D eigenvalue weighted by Gasteiger charge is -2.18. The average Bonchev–Trinajstić information content (AvgIpc) is 3.15. The van der Waals surface area contributed by atoms with E-state index in [0.29, 0.717) is 19.3 Å². The Labute approximate surface area is 328 Å². The summed E-state index contributed by atoms with van der Waals surface area (Å²) in [5, 5.41) is 0. The van der Waals surface area contributed by atoms with Gasteiger partial charge in [-0.15, -0.1) is 0 Å². The topological polar surface area (TPSA) is 78.9 Å². The number of hydrogen-bond donors (Lipinski definition) is 0. The van der Waals surface area contributed by atoms with Gasteiger partial charge in [-0.2, -0.15) is 0 Å². The molecule has 0 fully saturated rings. The summed E-state index contributed by atoms with van der Waals surface area (Å²) in [4.78, 5) is 37.6. The number of unbranched alkanes of at least 4 members (excludes halogenated alkanes) is 26. The first-order valence-corrected chi connectivity index (χ1v) is 22.8. The molecule has 0 spiro atoms. The summed E-state index contributed by atoms with van der Waals surface area (Å²) < 4.78 is 16.7. The molecule has 0 saturated carbocycles. The van der Waals surface area contributed by atoms with Crippen molar-refractivity contribution in [3.8, 4) is 0 Å². The molecule has 0 N–H and O–H groups in total. The van der Waals surface area contributed by atoms with Crippen molar-refractivity contribution in [2.24, 2.45) is 0 Å². The Morgan fingerprint density at radius 3 is 0.981 bits per heavy atom. The van der Waals surface area contributed by atoms with Gasteiger partial charge >= 0.3 is 17.9 Å². The van der Waals surface area contributed by atoms with Crippen LogP contribution in [0.2, 0.25) is 0 Å². The van der Waals surface area contributed by atoms with Gasteiger partial charge < -0.3 is 14.2 Å². The van der Waals surface area contributed by atoms with E-state index in [-0.39, 0.29) is 31.1 Å². The molecule has 6 nitrogen and oxygen atoms in total. The number of ether oxygens (including phenoxy) is 3. The zero-order valence-corrected chi connectivity index (χ0v) is 35.3. The minimum Gasteiger partial charge on any atom is -0.462 e. The molecule has 1 unspecified atom stereocenters. The van der Waals surface area contributed by atoms with Gasteiger partial charge in [0.2, 0.25) is 0 Å². The van der Waals surface area contributed by atoms with Crippen molar-refractivity contribution in [3.63, 3.8) is 0 Å². The van der Waals surface area contributed by atoms with Crippen molar-refractivity contribution in [2.75, 3.05) is 13.2 Å². The van der Waals surface area contributed by atoms with Gasteiger partial charge in [-0.25, -0.2) is 0 Å². The predicted molar refractivity (Wildman–Crippen MR) is 224 cm³/mol. The van der Waals surface area contributed by atoms with Gasteiger partial charge in [0, 0.05) is 19.3 Å². The highest BCUT2D eigenvalue weighted by Gasteiger charge is 2.19. The van der Waals surface area contributed by atoms with E-state index in [0.717, 1.165) is 70.6 Å². The Morgan fingerprint density at radius 2 is 0.623 bits per heavy atom. The third-order valence-electron chi connectivity index (χ3n) is 9.93. The number of carbonyl (C=O) groups excluding carboxylic acids is 3. The van der Waals surface area contributed by atoms with E-state index >= 15 is 0 Å². The smallest absolute Gasteiger partial charge is 0.306 e. The van der Waals surface area contributed by atoms with Crippen LogP contribution in [-0.4, -0.2) is 37.2 Å². The molecule has 0 aliphatic heterocycles. The van der Waals surface area contributed by atoms with Crippen molar-refractivity contribution >= 4 is 17.9 Å². The number of rotatable bonds is 41. The van der Waals surface area contributed by atoms with Crippen molar-refractivity contribution in [1.82, 2.24) is 0 Å². The van der Waals surface area contributed by atoms with Gasteiger partial charge in [0.1, 0.15) is 13.2 Å². The van der Waals surface area contributed by atoms with Crippen LogP contribution in [0.1, 0.15) is 239 Å². The van der Waals surface area contributed by atoms with E-state index in [1.807, 2.05) is 0 Å². The van der Waals surface area contributed by atoms with Crippen LogP contribution in [0.3, 0.4) is 0 Å². The van der Waals surface area contributed by atoms with Gasteiger partial charge in [-0.05, 0) is 70.6 Å². The standard InChI is InChI=1S/C47H86O6/c1-4-7-10-13-16-19-21-23-24-26-28-31-34-37-40-46(49)52-43-44(42-51-45(48)39-36-33-30-27-18-15-12-9-6-3)53-47(50)41-38-35-32-29-25-22-20-17-14-11-8-5-2/h17,20-21,23,44H,4-16,18-19,22,24-43H2,1-3H3/b20-17-,23-21-. The molecule has 1 atom stereocenters. The second kappa shape index (κ2) is 42.6. The third-order valence-corrected chi connectivity index (χ3v) is 9.93. The summed E-state index contributed by atoms with van der Waals surface area (Å²) in [5.74, 6) is -0.892. The molecule has 0 aromatic rings. The Bertz CT molecular complexity index is 865. The molecule has 0 rings (SSSR count). The second-order valence-electron chi connectivity index (χ2n) is 15.3. The van der Waals surface area contributed by atoms with Crippen LogP contribution >= 0.6 is 0 Å². The van der Waals surface area contributed by atoms with Gasteiger partial charge in [0.05, 0.1) is 0 Å². The fourth-order valence-corrected chi connectivity index (χ4v) is 6.43. The molecular formula is C47H86O6. The molecule has 0 saturated heterocycles. The molecule has 0 aliphatic carbocycles. The Hall–Kier alpha value is -2.11. The first-order chi connectivity index (χ1) is 26.0. The normalized spacial score (nSPS) is 12.1. The van der Waals surface area contributed by atoms with Crippen molar-refractivity contribution in [2.45, 2.75) is 245 Å². The zero-order chi connectivity index (χ0) is 38.7. The number of esters is 3. The van der Waals surface area contributed by atoms with Crippen LogP contribution in [0.15, 0.2) is 24.3 Å². The maximum Gasteiger partial charge on any atom is 0.306 e. The summed E-state index contributed by atoms with van der Waals surface area (Å²) in [6.07, 6.45) is 45.8. The molecule has 310 valence electrons. The van der Waals surface area contributed by atoms with E-state index < -0.39 is 6.10 Å². The quantitative estimate of drug-likeness (QED) is 0.0268. The Kier molecular flexibility index (Phi) is 40.9. The number of carbonyl (C=O) groups is 3. The lowest BCUT2D eigenvalue weighted by Crippen LogP contribution is -2.30. The minimum atomic E-state index is -0.771. The van der Waals surface area contributed by atoms with Crippen LogP contribution in [0.25, 0.3) is 0 Å². The van der Waals surface area contributed by atoms with E-state index in [9.17, 15) is 14.4 Å². The summed E-state index contributed by atoms with van der Waals surface area (Å²) in [6.45, 7) is 6.57. The summed E-state index contributed by atoms with van der Waals surface area (Å²) in [5.41, 5.74) is 0. The van der Waals surface area contributed by atoms with Crippen LogP contribution in [-0.2, 0) is 28.6 Å². The zero-order valence-electron chi connectivity index (χ0n) is 35.3. The van der Waals surface area contributed by atoms with Gasteiger partial charge in [0.25, 0.3) is 0 Å². The molecular weight excluding hydrogens is 661 g/mol. The molecule has 6 heteroatoms. The first-order valence-electron chi connectivity index (χ1n) is 22.8. The molecule has 0 aromatic carbocycles. The highest BCUT2D eigenvalue weighted by atomic mass is 16.6. The molecule has 0 heterocycles. The van der Waals surface area contributed by atoms with E-state index in [4.69, 9.17) is 14.2 Å². The highest BCUT2D eigenvalue weighted by molar-refractivity contribution is 5.71. The van der Waals surface area contributed by atoms with E-state index in [2.05, 4.69) is 45.1 Å². The van der Waals surface area contributed by atoms with Crippen molar-refractivity contribution in [3.05, 3.63) is 24.3 Å². The van der Waals surface area contributed by atoms with Crippen LogP contribution in [0, 0.1) is 0 Å². The van der Waals surface area contributed by atoms with Crippen LogP contribution in [0.4, 0.5) is 0 Å². The molecule has 0 aliphatic rings. The summed E-state index contributed by atoms with van der Waals surface area (Å²) in [6, 6.07) is 0. The third kappa shape index (κ3) is 40.9. The molecule has 0 radical (unpaired) electrons. The molecule has 0 bridgehead atoms. The van der Waals surface area contributed by atoms with Crippen LogP contribution < -0.4 is 0 Å². The van der Waals surface area contributed by atoms with E-state index in [1.165, 1.54) is 128 Å². The summed E-state index contributed by atoms with van der Waals surface area (Å²) >= 11 is 0. The van der Waals surface area contributed by atoms with Gasteiger partial charge in [-0.3, -0.25) is 14.4 Å². The number of hydrogen-bond acceptors (Lipinski definition) is 6. The minimum absolute atomic E-state index is 0.0749. The largest absolute Gasteiger partial charge is 0.462 e. The lowest BCUT2D eigenvalue weighted by atomic mass is 10.1. The van der Waals surface area contributed by atoms with E-state index in [1.54, 1.807) is 0 Å². The maximum absolute atomic E-state index is 12.7. The molecule has 53 heavy (non-hydrogen) atoms. The van der Waals surface area contributed by atoms with Crippen LogP contribution in [0.5, 0.6) is 0 Å². The van der Waals surface area contributed by atoms with Crippen molar-refractivity contribution < 1.29 is 28.6 Å². The first kappa shape index (κ1) is 50.9. The van der Waals surface area contributed by atoms with Gasteiger partial charge in [-0.1, -0.05) is 173 Å². The van der Waals surface area contributed by atoms with Gasteiger partial charge in [0.15, 0.2) is 6.10 Å². The van der Waals surface area contributed by atoms with Crippen molar-refractivity contribution in [1.29, 1.82) is 0 Å². The Balaban J connectivity index is 4.36. The number of allylic oxidation sites excluding steroid dienone is 4. The molecule has 0 aromatic heterocycles. The molecule has 0 amide bonds. The fourth-order valence-electron chi connectivity index (χ4n) is 6.43. The SMILES string of the molecule is CCCCC/C=C\CCCCCCCC(=O)OC(COC(=O)CCCCCCC/C=C\CCCCCCC)COC(=O)CCCCCCCCCCC. The fraction of sp³-hybridized carbons (Fsp3) is 0.851. The Morgan fingerprint density at radius 1 is 0.358 bits per heavy atom. The predicted octanol–water partition coefficient (Wildman–Crippen LogP) is 14.4. The monoisotopic (exact) mass is 747 g/mol. The maximum atomic E-state index is 12.7. The highest BCUT2D eigenvalue weighted by Crippen LogP contribution is 2.14. The average molecular weight is 747 g/mol. The second-order valence-corrected chi connectivity index (χ2v) is 15.3. The lowest BCUT2D eigenvalue weighted by molar-refractivity contribution is -0.167.